The fourth-order valence-electron chi connectivity index (χ4n) is 1.63. The molecule has 0 spiro atoms. The van der Waals surface area contributed by atoms with E-state index >= 15 is 0 Å². The fraction of sp³-hybridized carbons (Fsp3) is 0.417. The Morgan fingerprint density at radius 3 is 2.50 bits per heavy atom. The molecule has 112 valence electrons. The van der Waals surface area contributed by atoms with Gasteiger partial charge in [0.05, 0.1) is 11.8 Å². The van der Waals surface area contributed by atoms with Crippen LogP contribution in [0.15, 0.2) is 18.2 Å². The quantitative estimate of drug-likeness (QED) is 0.490. The molecule has 0 unspecified atom stereocenters. The van der Waals surface area contributed by atoms with Gasteiger partial charge < -0.3 is 16.0 Å². The number of hydrogen-bond acceptors (Lipinski definition) is 5. The molecule has 0 fully saturated rings. The van der Waals surface area contributed by atoms with E-state index in [9.17, 15) is 13.2 Å². The van der Waals surface area contributed by atoms with E-state index in [-0.39, 0.29) is 19.0 Å². The number of nitrogens with two attached hydrogens (primary N) is 1. The number of anilines is 2. The van der Waals surface area contributed by atoms with Crippen LogP contribution in [0.4, 0.5) is 11.4 Å². The SMILES string of the molecule is CN(C)c1ccc(N)cc1C(=O)NCCNS(C)(=O)=O. The maximum atomic E-state index is 12.1. The van der Waals surface area contributed by atoms with Crippen molar-refractivity contribution in [1.29, 1.82) is 0 Å². The molecule has 0 atom stereocenters. The summed E-state index contributed by atoms with van der Waals surface area (Å²) in [4.78, 5) is 13.9. The molecule has 1 amide bonds. The molecule has 0 aliphatic carbocycles. The summed E-state index contributed by atoms with van der Waals surface area (Å²) in [5.41, 5.74) is 7.38. The van der Waals surface area contributed by atoms with E-state index in [4.69, 9.17) is 5.73 Å². The molecule has 1 aromatic rings. The normalized spacial score (nSPS) is 11.2. The highest BCUT2D eigenvalue weighted by molar-refractivity contribution is 7.88. The van der Waals surface area contributed by atoms with Crippen LogP contribution in [0.25, 0.3) is 0 Å². The molecule has 0 aromatic heterocycles. The van der Waals surface area contributed by atoms with Gasteiger partial charge in [-0.2, -0.15) is 0 Å². The van der Waals surface area contributed by atoms with Crippen LogP contribution in [0.1, 0.15) is 10.4 Å². The third kappa shape index (κ3) is 5.06. The van der Waals surface area contributed by atoms with Crippen molar-refractivity contribution in [3.63, 3.8) is 0 Å². The van der Waals surface area contributed by atoms with E-state index in [1.807, 2.05) is 19.0 Å². The minimum absolute atomic E-state index is 0.143. The second-order valence-corrected chi connectivity index (χ2v) is 6.43. The van der Waals surface area contributed by atoms with Gasteiger partial charge in [-0.25, -0.2) is 13.1 Å². The van der Waals surface area contributed by atoms with Gasteiger partial charge in [-0.3, -0.25) is 4.79 Å². The molecule has 0 radical (unpaired) electrons. The van der Waals surface area contributed by atoms with Crippen LogP contribution < -0.4 is 20.7 Å². The first kappa shape index (κ1) is 16.3. The van der Waals surface area contributed by atoms with Crippen molar-refractivity contribution in [3.8, 4) is 0 Å². The van der Waals surface area contributed by atoms with Crippen molar-refractivity contribution in [2.45, 2.75) is 0 Å². The van der Waals surface area contributed by atoms with E-state index in [0.29, 0.717) is 11.3 Å². The Morgan fingerprint density at radius 1 is 1.30 bits per heavy atom. The molecule has 0 heterocycles. The van der Waals surface area contributed by atoms with E-state index < -0.39 is 10.0 Å². The van der Waals surface area contributed by atoms with Crippen LogP contribution in [0.5, 0.6) is 0 Å². The lowest BCUT2D eigenvalue weighted by Gasteiger charge is -2.17. The van der Waals surface area contributed by atoms with Crippen LogP contribution in [-0.2, 0) is 10.0 Å². The van der Waals surface area contributed by atoms with Gasteiger partial charge >= 0.3 is 0 Å². The number of benzene rings is 1. The van der Waals surface area contributed by atoms with Gasteiger partial charge in [0.1, 0.15) is 0 Å². The molecule has 8 heteroatoms. The molecule has 20 heavy (non-hydrogen) atoms. The zero-order chi connectivity index (χ0) is 15.3. The summed E-state index contributed by atoms with van der Waals surface area (Å²) in [7, 11) is 0.409. The molecule has 4 N–H and O–H groups in total. The molecule has 0 aliphatic rings. The summed E-state index contributed by atoms with van der Waals surface area (Å²) in [6, 6.07) is 5.07. The number of nitrogens with one attached hydrogen (secondary N) is 2. The maximum Gasteiger partial charge on any atom is 0.253 e. The monoisotopic (exact) mass is 300 g/mol. The molecular formula is C12H20N4O3S. The number of nitrogens with zero attached hydrogens (tertiary/aromatic N) is 1. The number of hydrogen-bond donors (Lipinski definition) is 3. The lowest BCUT2D eigenvalue weighted by molar-refractivity contribution is 0.0955. The Labute approximate surface area is 119 Å². The fourth-order valence-corrected chi connectivity index (χ4v) is 2.11. The number of amides is 1. The molecule has 0 saturated heterocycles. The largest absolute Gasteiger partial charge is 0.399 e. The summed E-state index contributed by atoms with van der Waals surface area (Å²) in [5.74, 6) is -0.295. The summed E-state index contributed by atoms with van der Waals surface area (Å²) in [6.45, 7) is 0.345. The zero-order valence-electron chi connectivity index (χ0n) is 11.8. The molecule has 0 bridgehead atoms. The van der Waals surface area contributed by atoms with E-state index in [2.05, 4.69) is 10.0 Å². The topological polar surface area (TPSA) is 105 Å². The van der Waals surface area contributed by atoms with Crippen LogP contribution in [0.3, 0.4) is 0 Å². The standard InChI is InChI=1S/C12H20N4O3S/c1-16(2)11-5-4-9(13)8-10(11)12(17)14-6-7-15-20(3,18)19/h4-5,8,15H,6-7,13H2,1-3H3,(H,14,17). The Hall–Kier alpha value is -1.80. The average molecular weight is 300 g/mol. The molecule has 0 saturated carbocycles. The Morgan fingerprint density at radius 2 is 1.95 bits per heavy atom. The highest BCUT2D eigenvalue weighted by Gasteiger charge is 2.13. The van der Waals surface area contributed by atoms with Gasteiger partial charge in [0, 0.05) is 38.6 Å². The molecule has 0 aliphatic heterocycles. The Kier molecular flexibility index (Phi) is 5.34. The predicted molar refractivity (Wildman–Crippen MR) is 80.4 cm³/mol. The van der Waals surface area contributed by atoms with Crippen molar-refractivity contribution in [2.75, 3.05) is 44.1 Å². The minimum atomic E-state index is -3.24. The van der Waals surface area contributed by atoms with E-state index in [1.165, 1.54) is 0 Å². The number of carbonyl (C=O) groups is 1. The average Bonchev–Trinajstić information content (AvgIpc) is 2.32. The van der Waals surface area contributed by atoms with Crippen molar-refractivity contribution in [3.05, 3.63) is 23.8 Å². The summed E-state index contributed by atoms with van der Waals surface area (Å²) >= 11 is 0. The second kappa shape index (κ2) is 6.58. The first-order valence-corrected chi connectivity index (χ1v) is 7.89. The van der Waals surface area contributed by atoms with E-state index in [1.54, 1.807) is 18.2 Å². The minimum Gasteiger partial charge on any atom is -0.399 e. The van der Waals surface area contributed by atoms with Crippen LogP contribution >= 0.6 is 0 Å². The van der Waals surface area contributed by atoms with Crippen molar-refractivity contribution in [2.24, 2.45) is 0 Å². The molecule has 1 rings (SSSR count). The summed E-state index contributed by atoms with van der Waals surface area (Å²) in [6.07, 6.45) is 1.07. The number of carbonyl (C=O) groups excluding carboxylic acids is 1. The van der Waals surface area contributed by atoms with Crippen LogP contribution in [0, 0.1) is 0 Å². The summed E-state index contributed by atoms with van der Waals surface area (Å²) < 4.78 is 24.1. The first-order chi connectivity index (χ1) is 9.20. The molecule has 1 aromatic carbocycles. The van der Waals surface area contributed by atoms with Gasteiger partial charge in [0.2, 0.25) is 10.0 Å². The molecule has 7 nitrogen and oxygen atoms in total. The third-order valence-corrected chi connectivity index (χ3v) is 3.25. The Balaban J connectivity index is 2.70. The van der Waals surface area contributed by atoms with Gasteiger partial charge in [-0.1, -0.05) is 0 Å². The number of nitrogen functional groups attached to an aromatic ring is 1. The number of rotatable bonds is 6. The third-order valence-electron chi connectivity index (χ3n) is 2.52. The van der Waals surface area contributed by atoms with Crippen molar-refractivity contribution in [1.82, 2.24) is 10.0 Å². The lowest BCUT2D eigenvalue weighted by Crippen LogP contribution is -2.34. The highest BCUT2D eigenvalue weighted by atomic mass is 32.2. The highest BCUT2D eigenvalue weighted by Crippen LogP contribution is 2.21. The first-order valence-electron chi connectivity index (χ1n) is 6.00. The van der Waals surface area contributed by atoms with Crippen LogP contribution in [0.2, 0.25) is 0 Å². The maximum absolute atomic E-state index is 12.1. The smallest absolute Gasteiger partial charge is 0.253 e. The van der Waals surface area contributed by atoms with Gasteiger partial charge in [-0.05, 0) is 18.2 Å². The molecular weight excluding hydrogens is 280 g/mol. The second-order valence-electron chi connectivity index (χ2n) is 4.59. The number of sulfonamides is 1. The van der Waals surface area contributed by atoms with Gasteiger partial charge in [-0.15, -0.1) is 0 Å². The summed E-state index contributed by atoms with van der Waals surface area (Å²) in [5, 5.41) is 2.65. The Bertz CT molecular complexity index is 584. The van der Waals surface area contributed by atoms with Gasteiger partial charge in [0.15, 0.2) is 0 Å². The van der Waals surface area contributed by atoms with Crippen LogP contribution in [-0.4, -0.2) is 47.8 Å². The predicted octanol–water partition coefficient (Wildman–Crippen LogP) is -0.386. The van der Waals surface area contributed by atoms with Crippen molar-refractivity contribution >= 4 is 27.3 Å². The lowest BCUT2D eigenvalue weighted by atomic mass is 10.1. The van der Waals surface area contributed by atoms with Crippen molar-refractivity contribution < 1.29 is 13.2 Å². The zero-order valence-corrected chi connectivity index (χ0v) is 12.6. The van der Waals surface area contributed by atoms with Gasteiger partial charge in [0.25, 0.3) is 5.91 Å². The van der Waals surface area contributed by atoms with E-state index in [0.717, 1.165) is 11.9 Å².